The second-order valence-electron chi connectivity index (χ2n) is 2.43. The second-order valence-corrected chi connectivity index (χ2v) is 3.31. The normalized spacial score (nSPS) is 14.2. The molecule has 1 aliphatic rings. The van der Waals surface area contributed by atoms with Gasteiger partial charge in [0.2, 0.25) is 0 Å². The van der Waals surface area contributed by atoms with E-state index in [1.165, 1.54) is 4.90 Å². The number of rotatable bonds is 1. The van der Waals surface area contributed by atoms with Crippen LogP contribution < -0.4 is 4.72 Å². The van der Waals surface area contributed by atoms with Gasteiger partial charge in [0.1, 0.15) is 5.76 Å². The van der Waals surface area contributed by atoms with Crippen molar-refractivity contribution < 1.29 is 4.74 Å². The van der Waals surface area contributed by atoms with Crippen molar-refractivity contribution in [3.63, 3.8) is 0 Å². The van der Waals surface area contributed by atoms with Crippen LogP contribution in [0, 0.1) is 0 Å². The Hall–Kier alpha value is -1.09. The summed E-state index contributed by atoms with van der Waals surface area (Å²) < 4.78 is 8.27. The van der Waals surface area contributed by atoms with E-state index in [2.05, 4.69) is 16.9 Å². The predicted molar refractivity (Wildman–Crippen MR) is 50.4 cm³/mol. The molecule has 2 nitrogen and oxygen atoms in total. The summed E-state index contributed by atoms with van der Waals surface area (Å²) in [5.74, 6) is 0.893. The van der Waals surface area contributed by atoms with Crippen LogP contribution >= 0.6 is 11.9 Å². The molecule has 1 N–H and O–H groups in total. The van der Waals surface area contributed by atoms with Crippen LogP contribution in [0.1, 0.15) is 5.56 Å². The lowest BCUT2D eigenvalue weighted by Crippen LogP contribution is -2.04. The first-order valence-electron chi connectivity index (χ1n) is 3.68. The minimum atomic E-state index is 0.893. The molecule has 0 bridgehead atoms. The van der Waals surface area contributed by atoms with Gasteiger partial charge < -0.3 is 9.46 Å². The van der Waals surface area contributed by atoms with Crippen molar-refractivity contribution in [3.05, 3.63) is 36.0 Å². The van der Waals surface area contributed by atoms with Crippen LogP contribution in [-0.4, -0.2) is 7.11 Å². The molecule has 1 aromatic rings. The fourth-order valence-corrected chi connectivity index (χ4v) is 1.87. The van der Waals surface area contributed by atoms with Crippen molar-refractivity contribution in [1.29, 1.82) is 0 Å². The fourth-order valence-electron chi connectivity index (χ4n) is 1.15. The third-order valence-corrected chi connectivity index (χ3v) is 2.54. The van der Waals surface area contributed by atoms with Gasteiger partial charge in [-0.25, -0.2) is 0 Å². The summed E-state index contributed by atoms with van der Waals surface area (Å²) >= 11 is 1.60. The van der Waals surface area contributed by atoms with E-state index in [0.29, 0.717) is 0 Å². The number of nitrogens with one attached hydrogen (secondary N) is 1. The number of hydrogen-bond acceptors (Lipinski definition) is 3. The van der Waals surface area contributed by atoms with Crippen molar-refractivity contribution in [1.82, 2.24) is 4.72 Å². The molecule has 1 heterocycles. The summed E-state index contributed by atoms with van der Waals surface area (Å²) in [6.07, 6.45) is 1.87. The van der Waals surface area contributed by atoms with Crippen molar-refractivity contribution in [3.8, 4) is 0 Å². The summed E-state index contributed by atoms with van der Waals surface area (Å²) in [5, 5.41) is 0. The molecule has 2 rings (SSSR count). The Morgan fingerprint density at radius 3 is 3.00 bits per heavy atom. The molecule has 1 aromatic carbocycles. The first kappa shape index (κ1) is 7.55. The maximum atomic E-state index is 5.20. The maximum absolute atomic E-state index is 5.20. The molecule has 0 aliphatic carbocycles. The molecule has 0 fully saturated rings. The Kier molecular flexibility index (Phi) is 1.96. The van der Waals surface area contributed by atoms with Crippen LogP contribution in [0.3, 0.4) is 0 Å². The van der Waals surface area contributed by atoms with Crippen molar-refractivity contribution in [2.24, 2.45) is 0 Å². The van der Waals surface area contributed by atoms with Gasteiger partial charge in [-0.1, -0.05) is 18.2 Å². The Morgan fingerprint density at radius 1 is 1.33 bits per heavy atom. The molecule has 0 spiro atoms. The van der Waals surface area contributed by atoms with Crippen LogP contribution in [0.15, 0.2) is 35.4 Å². The summed E-state index contributed by atoms with van der Waals surface area (Å²) in [7, 11) is 1.68. The average Bonchev–Trinajstić information content (AvgIpc) is 2.17. The first-order valence-corrected chi connectivity index (χ1v) is 4.49. The highest BCUT2D eigenvalue weighted by molar-refractivity contribution is 7.97. The van der Waals surface area contributed by atoms with E-state index in [1.807, 2.05) is 18.3 Å². The van der Waals surface area contributed by atoms with Gasteiger partial charge in [0.25, 0.3) is 0 Å². The van der Waals surface area contributed by atoms with E-state index in [9.17, 15) is 0 Å². The Morgan fingerprint density at radius 2 is 2.17 bits per heavy atom. The number of methoxy groups -OCH3 is 1. The summed E-state index contributed by atoms with van der Waals surface area (Å²) in [6.45, 7) is 0. The first-order chi connectivity index (χ1) is 5.92. The van der Waals surface area contributed by atoms with E-state index in [1.54, 1.807) is 19.1 Å². The summed E-state index contributed by atoms with van der Waals surface area (Å²) in [4.78, 5) is 1.21. The summed E-state index contributed by atoms with van der Waals surface area (Å²) in [5.41, 5.74) is 1.16. The zero-order valence-corrected chi connectivity index (χ0v) is 7.52. The molecule has 0 atom stereocenters. The summed E-state index contributed by atoms with van der Waals surface area (Å²) in [6, 6.07) is 8.15. The SMILES string of the molecule is COC1=CNSc2ccccc21. The van der Waals surface area contributed by atoms with Gasteiger partial charge in [-0.15, -0.1) is 0 Å². The van der Waals surface area contributed by atoms with Crippen LogP contribution in [0.5, 0.6) is 0 Å². The van der Waals surface area contributed by atoms with E-state index in [0.717, 1.165) is 11.3 Å². The molecule has 3 heteroatoms. The predicted octanol–water partition coefficient (Wildman–Crippen LogP) is 2.24. The largest absolute Gasteiger partial charge is 0.495 e. The van der Waals surface area contributed by atoms with Gasteiger partial charge in [-0.2, -0.15) is 0 Å². The van der Waals surface area contributed by atoms with E-state index >= 15 is 0 Å². The van der Waals surface area contributed by atoms with Crippen molar-refractivity contribution in [2.75, 3.05) is 7.11 Å². The molecule has 1 aliphatic heterocycles. The van der Waals surface area contributed by atoms with E-state index in [-0.39, 0.29) is 0 Å². The van der Waals surface area contributed by atoms with Gasteiger partial charge in [0.05, 0.1) is 13.3 Å². The number of hydrogen-bond donors (Lipinski definition) is 1. The lowest BCUT2D eigenvalue weighted by Gasteiger charge is -2.15. The zero-order valence-electron chi connectivity index (χ0n) is 6.70. The van der Waals surface area contributed by atoms with Crippen LogP contribution in [0.2, 0.25) is 0 Å². The molecule has 0 aromatic heterocycles. The lowest BCUT2D eigenvalue weighted by atomic mass is 10.2. The highest BCUT2D eigenvalue weighted by atomic mass is 32.2. The second kappa shape index (κ2) is 3.11. The minimum Gasteiger partial charge on any atom is -0.495 e. The maximum Gasteiger partial charge on any atom is 0.143 e. The van der Waals surface area contributed by atoms with Gasteiger partial charge >= 0.3 is 0 Å². The molecule has 62 valence electrons. The van der Waals surface area contributed by atoms with Crippen LogP contribution in [0.25, 0.3) is 5.76 Å². The zero-order chi connectivity index (χ0) is 8.39. The number of benzene rings is 1. The lowest BCUT2D eigenvalue weighted by molar-refractivity contribution is 0.367. The Labute approximate surface area is 75.8 Å². The number of ether oxygens (including phenoxy) is 1. The molecule has 0 saturated heterocycles. The van der Waals surface area contributed by atoms with Crippen molar-refractivity contribution in [2.45, 2.75) is 4.90 Å². The minimum absolute atomic E-state index is 0.893. The third kappa shape index (κ3) is 1.16. The Balaban J connectivity index is 2.48. The smallest absolute Gasteiger partial charge is 0.143 e. The third-order valence-electron chi connectivity index (χ3n) is 1.73. The fraction of sp³-hybridized carbons (Fsp3) is 0.111. The van der Waals surface area contributed by atoms with Crippen LogP contribution in [0.4, 0.5) is 0 Å². The van der Waals surface area contributed by atoms with E-state index in [4.69, 9.17) is 4.74 Å². The van der Waals surface area contributed by atoms with Gasteiger partial charge in [-0.05, 0) is 18.0 Å². The molecule has 0 amide bonds. The van der Waals surface area contributed by atoms with Crippen LogP contribution in [-0.2, 0) is 4.74 Å². The van der Waals surface area contributed by atoms with Crippen molar-refractivity contribution >= 4 is 17.7 Å². The Bertz CT molecular complexity index is 322. The average molecular weight is 179 g/mol. The molecular weight excluding hydrogens is 170 g/mol. The highest BCUT2D eigenvalue weighted by Crippen LogP contribution is 2.30. The van der Waals surface area contributed by atoms with Gasteiger partial charge in [0.15, 0.2) is 0 Å². The monoisotopic (exact) mass is 179 g/mol. The molecule has 0 saturated carbocycles. The molecule has 0 unspecified atom stereocenters. The standard InChI is InChI=1S/C9H9NOS/c1-11-8-6-10-12-9-5-3-2-4-7(8)9/h2-6,10H,1H3. The van der Waals surface area contributed by atoms with E-state index < -0.39 is 0 Å². The molecule has 0 radical (unpaired) electrons. The number of fused-ring (bicyclic) bond motifs is 1. The topological polar surface area (TPSA) is 21.3 Å². The highest BCUT2D eigenvalue weighted by Gasteiger charge is 2.11. The quantitative estimate of drug-likeness (QED) is 0.668. The molecule has 12 heavy (non-hydrogen) atoms. The molecular formula is C9H9NOS. The van der Waals surface area contributed by atoms with Gasteiger partial charge in [-0.3, -0.25) is 0 Å². The van der Waals surface area contributed by atoms with Gasteiger partial charge in [0, 0.05) is 10.5 Å².